The molecule has 2 atom stereocenters. The molecule has 1 aromatic carbocycles. The Kier molecular flexibility index (Phi) is 5.55. The molecule has 2 rings (SSSR count). The van der Waals surface area contributed by atoms with Crippen molar-refractivity contribution in [3.8, 4) is 0 Å². The molecule has 1 aromatic rings. The molecule has 0 radical (unpaired) electrons. The van der Waals surface area contributed by atoms with Crippen LogP contribution in [0.2, 0.25) is 0 Å². The summed E-state index contributed by atoms with van der Waals surface area (Å²) in [5.74, 6) is -0.325. The highest BCUT2D eigenvalue weighted by Crippen LogP contribution is 2.30. The van der Waals surface area contributed by atoms with Crippen LogP contribution in [0.15, 0.2) is 24.3 Å². The first-order chi connectivity index (χ1) is 10.5. The van der Waals surface area contributed by atoms with E-state index < -0.39 is 6.04 Å². The Balaban J connectivity index is 2.24. The van der Waals surface area contributed by atoms with Crippen LogP contribution in [0, 0.1) is 12.8 Å². The third kappa shape index (κ3) is 3.85. The van der Waals surface area contributed by atoms with E-state index in [4.69, 9.17) is 10.5 Å². The minimum atomic E-state index is -0.415. The van der Waals surface area contributed by atoms with Gasteiger partial charge in [0.25, 0.3) is 0 Å². The zero-order valence-corrected chi connectivity index (χ0v) is 13.2. The van der Waals surface area contributed by atoms with Crippen LogP contribution in [0.1, 0.15) is 36.4 Å². The summed E-state index contributed by atoms with van der Waals surface area (Å²) in [6, 6.07) is 7.44. The van der Waals surface area contributed by atoms with Gasteiger partial charge in [-0.2, -0.15) is 0 Å². The number of rotatable bonds is 5. The summed E-state index contributed by atoms with van der Waals surface area (Å²) in [5.41, 5.74) is 7.35. The second-order valence-corrected chi connectivity index (χ2v) is 5.96. The number of hydrogen-bond donors (Lipinski definition) is 1. The molecule has 1 amide bonds. The molecular formula is C17H24N2O3. The number of aryl methyl sites for hydroxylation is 1. The molecule has 1 aliphatic rings. The van der Waals surface area contributed by atoms with Crippen molar-refractivity contribution in [2.45, 2.75) is 32.2 Å². The summed E-state index contributed by atoms with van der Waals surface area (Å²) in [6.07, 6.45) is 2.30. The highest BCUT2D eigenvalue weighted by Gasteiger charge is 2.33. The highest BCUT2D eigenvalue weighted by atomic mass is 16.5. The van der Waals surface area contributed by atoms with E-state index in [0.717, 1.165) is 30.5 Å². The molecule has 1 heterocycles. The van der Waals surface area contributed by atoms with Gasteiger partial charge in [0.15, 0.2) is 0 Å². The maximum absolute atomic E-state index is 12.3. The minimum Gasteiger partial charge on any atom is -0.468 e. The van der Waals surface area contributed by atoms with E-state index in [1.807, 2.05) is 31.2 Å². The molecule has 120 valence electrons. The van der Waals surface area contributed by atoms with Crippen molar-refractivity contribution in [3.05, 3.63) is 35.4 Å². The molecule has 1 fully saturated rings. The first-order valence-electron chi connectivity index (χ1n) is 7.68. The van der Waals surface area contributed by atoms with Crippen LogP contribution in [0.3, 0.4) is 0 Å². The average molecular weight is 304 g/mol. The zero-order chi connectivity index (χ0) is 16.1. The number of hydrogen-bond acceptors (Lipinski definition) is 4. The monoisotopic (exact) mass is 304 g/mol. The second-order valence-electron chi connectivity index (χ2n) is 5.96. The number of amides is 1. The van der Waals surface area contributed by atoms with Gasteiger partial charge in [-0.05, 0) is 43.4 Å². The topological polar surface area (TPSA) is 72.6 Å². The summed E-state index contributed by atoms with van der Waals surface area (Å²) in [7, 11) is 1.42. The van der Waals surface area contributed by atoms with E-state index in [-0.39, 0.29) is 17.8 Å². The lowest BCUT2D eigenvalue weighted by atomic mass is 9.91. The molecule has 2 N–H and O–H groups in total. The number of likely N-dealkylation sites (tertiary alicyclic amines) is 1. The van der Waals surface area contributed by atoms with E-state index >= 15 is 0 Å². The van der Waals surface area contributed by atoms with Crippen LogP contribution in [-0.2, 0) is 14.3 Å². The Morgan fingerprint density at radius 2 is 2.14 bits per heavy atom. The molecule has 5 nitrogen and oxygen atoms in total. The van der Waals surface area contributed by atoms with Crippen molar-refractivity contribution in [3.63, 3.8) is 0 Å². The van der Waals surface area contributed by atoms with Crippen LogP contribution in [0.4, 0.5) is 0 Å². The lowest BCUT2D eigenvalue weighted by Gasteiger charge is -2.37. The van der Waals surface area contributed by atoms with Gasteiger partial charge in [0.05, 0.1) is 7.11 Å². The van der Waals surface area contributed by atoms with Crippen molar-refractivity contribution >= 4 is 11.9 Å². The number of primary amides is 1. The summed E-state index contributed by atoms with van der Waals surface area (Å²) < 4.78 is 5.02. The van der Waals surface area contributed by atoms with E-state index in [0.29, 0.717) is 13.0 Å². The molecule has 1 aliphatic heterocycles. The first-order valence-corrected chi connectivity index (χ1v) is 7.68. The lowest BCUT2D eigenvalue weighted by molar-refractivity contribution is -0.148. The molecule has 0 saturated carbocycles. The number of benzene rings is 1. The fraction of sp³-hybridized carbons (Fsp3) is 0.529. The van der Waals surface area contributed by atoms with Gasteiger partial charge in [-0.25, -0.2) is 4.79 Å². The van der Waals surface area contributed by atoms with Crippen LogP contribution < -0.4 is 5.73 Å². The third-order valence-corrected chi connectivity index (χ3v) is 4.31. The Morgan fingerprint density at radius 1 is 1.41 bits per heavy atom. The van der Waals surface area contributed by atoms with E-state index in [1.165, 1.54) is 7.11 Å². The number of piperidine rings is 1. The number of carbonyl (C=O) groups is 2. The number of ether oxygens (including phenoxy) is 1. The molecule has 0 spiro atoms. The van der Waals surface area contributed by atoms with Crippen LogP contribution >= 0.6 is 0 Å². The van der Waals surface area contributed by atoms with Gasteiger partial charge >= 0.3 is 5.97 Å². The molecule has 0 unspecified atom stereocenters. The van der Waals surface area contributed by atoms with Crippen molar-refractivity contribution in [2.24, 2.45) is 11.7 Å². The fourth-order valence-electron chi connectivity index (χ4n) is 3.26. The van der Waals surface area contributed by atoms with Crippen molar-refractivity contribution < 1.29 is 14.3 Å². The normalized spacial score (nSPS) is 20.4. The van der Waals surface area contributed by atoms with Gasteiger partial charge < -0.3 is 10.5 Å². The van der Waals surface area contributed by atoms with Crippen LogP contribution in [-0.4, -0.2) is 37.0 Å². The van der Waals surface area contributed by atoms with Gasteiger partial charge in [-0.15, -0.1) is 0 Å². The third-order valence-electron chi connectivity index (χ3n) is 4.31. The average Bonchev–Trinajstić information content (AvgIpc) is 2.49. The van der Waals surface area contributed by atoms with Gasteiger partial charge in [0.1, 0.15) is 6.04 Å². The maximum atomic E-state index is 12.3. The summed E-state index contributed by atoms with van der Waals surface area (Å²) in [5, 5.41) is 0. The first kappa shape index (κ1) is 16.5. The fourth-order valence-corrected chi connectivity index (χ4v) is 3.26. The maximum Gasteiger partial charge on any atom is 0.327 e. The molecule has 5 heteroatoms. The summed E-state index contributed by atoms with van der Waals surface area (Å²) in [6.45, 7) is 3.51. The molecule has 1 saturated heterocycles. The smallest absolute Gasteiger partial charge is 0.327 e. The number of nitrogens with two attached hydrogens (primary N) is 1. The van der Waals surface area contributed by atoms with E-state index in [9.17, 15) is 9.59 Å². The Morgan fingerprint density at radius 3 is 2.77 bits per heavy atom. The standard InChI is InChI=1S/C17H24N2O3/c1-12-6-3-4-8-14(12)16(17(21)22-2)19-9-5-7-13(11-19)10-15(18)20/h3-4,6,8,13,16H,5,7,9-11H2,1-2H3,(H2,18,20)/t13-,16-/m1/s1. The zero-order valence-electron chi connectivity index (χ0n) is 13.2. The molecular weight excluding hydrogens is 280 g/mol. The predicted molar refractivity (Wildman–Crippen MR) is 84.0 cm³/mol. The van der Waals surface area contributed by atoms with Crippen LogP contribution in [0.25, 0.3) is 0 Å². The van der Waals surface area contributed by atoms with Gasteiger partial charge in [0, 0.05) is 13.0 Å². The van der Waals surface area contributed by atoms with Gasteiger partial charge in [-0.3, -0.25) is 9.69 Å². The number of carbonyl (C=O) groups excluding carboxylic acids is 2. The Labute approximate surface area is 131 Å². The predicted octanol–water partition coefficient (Wildman–Crippen LogP) is 1.80. The lowest BCUT2D eigenvalue weighted by Crippen LogP contribution is -2.42. The van der Waals surface area contributed by atoms with Crippen molar-refractivity contribution in [1.82, 2.24) is 4.90 Å². The quantitative estimate of drug-likeness (QED) is 0.842. The molecule has 22 heavy (non-hydrogen) atoms. The second kappa shape index (κ2) is 7.40. The van der Waals surface area contributed by atoms with E-state index in [2.05, 4.69) is 4.90 Å². The van der Waals surface area contributed by atoms with Crippen LogP contribution in [0.5, 0.6) is 0 Å². The Hall–Kier alpha value is -1.88. The molecule has 0 aliphatic carbocycles. The van der Waals surface area contributed by atoms with Gasteiger partial charge in [-0.1, -0.05) is 24.3 Å². The molecule has 0 aromatic heterocycles. The van der Waals surface area contributed by atoms with Crippen molar-refractivity contribution in [1.29, 1.82) is 0 Å². The summed E-state index contributed by atoms with van der Waals surface area (Å²) >= 11 is 0. The Bertz CT molecular complexity index is 544. The number of esters is 1. The largest absolute Gasteiger partial charge is 0.468 e. The SMILES string of the molecule is COC(=O)[C@@H](c1ccccc1C)N1CCC[C@H](CC(N)=O)C1. The molecule has 0 bridgehead atoms. The number of nitrogens with zero attached hydrogens (tertiary/aromatic N) is 1. The van der Waals surface area contributed by atoms with E-state index in [1.54, 1.807) is 0 Å². The minimum absolute atomic E-state index is 0.211. The summed E-state index contributed by atoms with van der Waals surface area (Å²) in [4.78, 5) is 25.6. The van der Waals surface area contributed by atoms with Gasteiger partial charge in [0.2, 0.25) is 5.91 Å². The number of methoxy groups -OCH3 is 1. The highest BCUT2D eigenvalue weighted by molar-refractivity contribution is 5.78. The van der Waals surface area contributed by atoms with Crippen molar-refractivity contribution in [2.75, 3.05) is 20.2 Å².